The number of hydrogen-bond donors (Lipinski definition) is 1. The van der Waals surface area contributed by atoms with Crippen molar-refractivity contribution in [2.75, 3.05) is 11.3 Å². The van der Waals surface area contributed by atoms with Gasteiger partial charge in [0.1, 0.15) is 4.21 Å². The van der Waals surface area contributed by atoms with Crippen LogP contribution in [0.15, 0.2) is 51.2 Å². The minimum absolute atomic E-state index is 0.0406. The van der Waals surface area contributed by atoms with E-state index in [2.05, 4.69) is 9.88 Å². The van der Waals surface area contributed by atoms with Crippen molar-refractivity contribution in [3.63, 3.8) is 0 Å². The number of aromatic nitrogens is 1. The standard InChI is InChI=1S/C18H18N2O5S2/c1-3-12-5-7-13(8-6-12)20-27(22,23)17-10-9-16(26-17)15-11-14(19-25-15)18(21)24-4-2/h5-11,20H,3-4H2,1-2H3. The van der Waals surface area contributed by atoms with Gasteiger partial charge in [-0.1, -0.05) is 24.2 Å². The summed E-state index contributed by atoms with van der Waals surface area (Å²) in [5.74, 6) is -0.286. The first-order valence-electron chi connectivity index (χ1n) is 8.28. The minimum atomic E-state index is -3.72. The molecular weight excluding hydrogens is 388 g/mol. The van der Waals surface area contributed by atoms with Gasteiger partial charge < -0.3 is 9.26 Å². The first-order chi connectivity index (χ1) is 12.9. The van der Waals surface area contributed by atoms with Crippen LogP contribution in [0.2, 0.25) is 0 Å². The van der Waals surface area contributed by atoms with E-state index in [-0.39, 0.29) is 16.5 Å². The topological polar surface area (TPSA) is 98.5 Å². The summed E-state index contributed by atoms with van der Waals surface area (Å²) in [4.78, 5) is 12.2. The van der Waals surface area contributed by atoms with Crippen molar-refractivity contribution in [3.05, 3.63) is 53.7 Å². The van der Waals surface area contributed by atoms with Crippen molar-refractivity contribution in [2.24, 2.45) is 0 Å². The molecule has 0 radical (unpaired) electrons. The number of benzene rings is 1. The fourth-order valence-electron chi connectivity index (χ4n) is 2.30. The Balaban J connectivity index is 1.78. The molecule has 27 heavy (non-hydrogen) atoms. The smallest absolute Gasteiger partial charge is 0.360 e. The van der Waals surface area contributed by atoms with E-state index in [0.29, 0.717) is 16.3 Å². The normalized spacial score (nSPS) is 11.3. The Labute approximate surface area is 161 Å². The van der Waals surface area contributed by atoms with Gasteiger partial charge in [0.25, 0.3) is 10.0 Å². The van der Waals surface area contributed by atoms with Gasteiger partial charge in [-0.15, -0.1) is 11.3 Å². The highest BCUT2D eigenvalue weighted by atomic mass is 32.2. The Kier molecular flexibility index (Phi) is 5.62. The van der Waals surface area contributed by atoms with Gasteiger partial charge in [-0.25, -0.2) is 13.2 Å². The van der Waals surface area contributed by atoms with E-state index in [1.807, 2.05) is 19.1 Å². The maximum atomic E-state index is 12.6. The van der Waals surface area contributed by atoms with Crippen LogP contribution >= 0.6 is 11.3 Å². The largest absolute Gasteiger partial charge is 0.461 e. The number of carbonyl (C=O) groups is 1. The van der Waals surface area contributed by atoms with Gasteiger partial charge in [-0.05, 0) is 43.2 Å². The molecular formula is C18H18N2O5S2. The summed E-state index contributed by atoms with van der Waals surface area (Å²) in [6.07, 6.45) is 0.881. The Bertz CT molecular complexity index is 1040. The SMILES string of the molecule is CCOC(=O)c1cc(-c2ccc(S(=O)(=O)Nc3ccc(CC)cc3)s2)on1. The lowest BCUT2D eigenvalue weighted by Crippen LogP contribution is -2.11. The van der Waals surface area contributed by atoms with Crippen molar-refractivity contribution in [1.29, 1.82) is 0 Å². The third-order valence-electron chi connectivity index (χ3n) is 3.70. The quantitative estimate of drug-likeness (QED) is 0.597. The molecule has 2 aromatic heterocycles. The molecule has 1 aromatic carbocycles. The van der Waals surface area contributed by atoms with E-state index < -0.39 is 16.0 Å². The maximum Gasteiger partial charge on any atom is 0.360 e. The molecule has 0 bridgehead atoms. The van der Waals surface area contributed by atoms with E-state index in [1.165, 1.54) is 12.1 Å². The number of aryl methyl sites for hydroxylation is 1. The number of rotatable bonds is 7. The number of ether oxygens (including phenoxy) is 1. The van der Waals surface area contributed by atoms with Gasteiger partial charge in [-0.2, -0.15) is 0 Å². The monoisotopic (exact) mass is 406 g/mol. The Morgan fingerprint density at radius 2 is 1.93 bits per heavy atom. The zero-order valence-electron chi connectivity index (χ0n) is 14.8. The second-order valence-corrected chi connectivity index (χ2v) is 8.56. The summed E-state index contributed by atoms with van der Waals surface area (Å²) in [7, 11) is -3.72. The predicted molar refractivity (Wildman–Crippen MR) is 102 cm³/mol. The lowest BCUT2D eigenvalue weighted by atomic mass is 10.2. The van der Waals surface area contributed by atoms with Gasteiger partial charge in [0, 0.05) is 11.8 Å². The van der Waals surface area contributed by atoms with Gasteiger partial charge in [0.05, 0.1) is 11.5 Å². The van der Waals surface area contributed by atoms with Crippen LogP contribution in [0.1, 0.15) is 29.9 Å². The second-order valence-electron chi connectivity index (χ2n) is 5.57. The molecule has 0 aliphatic carbocycles. The number of thiophene rings is 1. The number of hydrogen-bond acceptors (Lipinski definition) is 7. The van der Waals surface area contributed by atoms with Crippen molar-refractivity contribution >= 4 is 33.0 Å². The Morgan fingerprint density at radius 1 is 1.19 bits per heavy atom. The van der Waals surface area contributed by atoms with E-state index >= 15 is 0 Å². The molecule has 1 N–H and O–H groups in total. The molecule has 0 unspecified atom stereocenters. The summed E-state index contributed by atoms with van der Waals surface area (Å²) in [5.41, 5.74) is 1.66. The molecule has 0 atom stereocenters. The second kappa shape index (κ2) is 7.93. The number of esters is 1. The molecule has 0 saturated heterocycles. The van der Waals surface area contributed by atoms with Crippen LogP contribution in [0.5, 0.6) is 0 Å². The number of nitrogens with one attached hydrogen (secondary N) is 1. The Hall–Kier alpha value is -2.65. The highest BCUT2D eigenvalue weighted by Gasteiger charge is 2.20. The molecule has 2 heterocycles. The van der Waals surface area contributed by atoms with E-state index in [9.17, 15) is 13.2 Å². The third kappa shape index (κ3) is 4.37. The molecule has 3 rings (SSSR count). The highest BCUT2D eigenvalue weighted by Crippen LogP contribution is 2.32. The lowest BCUT2D eigenvalue weighted by Gasteiger charge is -2.06. The van der Waals surface area contributed by atoms with Crippen LogP contribution in [0.4, 0.5) is 5.69 Å². The minimum Gasteiger partial charge on any atom is -0.461 e. The number of nitrogens with zero attached hydrogens (tertiary/aromatic N) is 1. The number of anilines is 1. The molecule has 0 saturated carbocycles. The molecule has 142 valence electrons. The first-order valence-corrected chi connectivity index (χ1v) is 10.6. The molecule has 0 aliphatic heterocycles. The fraction of sp³-hybridized carbons (Fsp3) is 0.222. The van der Waals surface area contributed by atoms with E-state index in [0.717, 1.165) is 23.3 Å². The molecule has 9 heteroatoms. The summed E-state index contributed by atoms with van der Waals surface area (Å²) < 4.78 is 37.8. The molecule has 7 nitrogen and oxygen atoms in total. The van der Waals surface area contributed by atoms with Crippen LogP contribution < -0.4 is 4.72 Å². The number of carbonyl (C=O) groups excluding carboxylic acids is 1. The fourth-order valence-corrected chi connectivity index (χ4v) is 4.62. The average molecular weight is 406 g/mol. The van der Waals surface area contributed by atoms with Crippen molar-refractivity contribution in [3.8, 4) is 10.6 Å². The third-order valence-corrected chi connectivity index (χ3v) is 6.67. The van der Waals surface area contributed by atoms with Crippen LogP contribution in [0.25, 0.3) is 10.6 Å². The van der Waals surface area contributed by atoms with Crippen LogP contribution in [-0.2, 0) is 21.2 Å². The van der Waals surface area contributed by atoms with Crippen molar-refractivity contribution in [1.82, 2.24) is 5.16 Å². The molecule has 0 spiro atoms. The van der Waals surface area contributed by atoms with Crippen LogP contribution in [0.3, 0.4) is 0 Å². The molecule has 0 fully saturated rings. The van der Waals surface area contributed by atoms with Crippen LogP contribution in [-0.4, -0.2) is 26.2 Å². The zero-order chi connectivity index (χ0) is 19.4. The summed E-state index contributed by atoms with van der Waals surface area (Å²) in [5, 5.41) is 3.66. The van der Waals surface area contributed by atoms with Crippen LogP contribution in [0, 0.1) is 0 Å². The highest BCUT2D eigenvalue weighted by molar-refractivity contribution is 7.94. The first kappa shape index (κ1) is 19.1. The number of sulfonamides is 1. The average Bonchev–Trinajstić information content (AvgIpc) is 3.32. The van der Waals surface area contributed by atoms with E-state index in [1.54, 1.807) is 25.1 Å². The van der Waals surface area contributed by atoms with Gasteiger partial charge in [-0.3, -0.25) is 4.72 Å². The summed E-state index contributed by atoms with van der Waals surface area (Å²) >= 11 is 1.02. The predicted octanol–water partition coefficient (Wildman–Crippen LogP) is 3.94. The summed E-state index contributed by atoms with van der Waals surface area (Å²) in [6.45, 7) is 3.95. The summed E-state index contributed by atoms with van der Waals surface area (Å²) in [6, 6.07) is 11.7. The van der Waals surface area contributed by atoms with Gasteiger partial charge in [0.15, 0.2) is 11.5 Å². The Morgan fingerprint density at radius 3 is 2.59 bits per heavy atom. The zero-order valence-corrected chi connectivity index (χ0v) is 16.4. The maximum absolute atomic E-state index is 12.6. The van der Waals surface area contributed by atoms with E-state index in [4.69, 9.17) is 9.26 Å². The van der Waals surface area contributed by atoms with Crippen molar-refractivity contribution in [2.45, 2.75) is 24.5 Å². The van der Waals surface area contributed by atoms with Crippen molar-refractivity contribution < 1.29 is 22.5 Å². The lowest BCUT2D eigenvalue weighted by molar-refractivity contribution is 0.0514. The molecule has 3 aromatic rings. The van der Waals surface area contributed by atoms with Gasteiger partial charge >= 0.3 is 5.97 Å². The molecule has 0 amide bonds. The molecule has 0 aliphatic rings. The van der Waals surface area contributed by atoms with Gasteiger partial charge in [0.2, 0.25) is 0 Å².